The first-order valence-electron chi connectivity index (χ1n) is 7.81. The molecule has 1 aromatic carbocycles. The molecule has 4 rings (SSSR count). The molecule has 0 radical (unpaired) electrons. The quantitative estimate of drug-likeness (QED) is 0.807. The van der Waals surface area contributed by atoms with E-state index >= 15 is 0 Å². The van der Waals surface area contributed by atoms with Gasteiger partial charge in [0.2, 0.25) is 5.91 Å². The van der Waals surface area contributed by atoms with E-state index < -0.39 is 0 Å². The maximum Gasteiger partial charge on any atom is 0.227 e. The number of fused-ring (bicyclic) bond motifs is 1. The summed E-state index contributed by atoms with van der Waals surface area (Å²) in [7, 11) is 0. The zero-order valence-corrected chi connectivity index (χ0v) is 12.9. The molecule has 2 heterocycles. The Balaban J connectivity index is 1.63. The first-order chi connectivity index (χ1) is 11.2. The van der Waals surface area contributed by atoms with Crippen LogP contribution in [0.15, 0.2) is 36.4 Å². The van der Waals surface area contributed by atoms with Gasteiger partial charge in [0.05, 0.1) is 5.69 Å². The molecule has 0 spiro atoms. The number of nitrogens with zero attached hydrogens (tertiary/aromatic N) is 4. The second-order valence-corrected chi connectivity index (χ2v) is 5.93. The minimum Gasteiger partial charge on any atom is -0.326 e. The van der Waals surface area contributed by atoms with Gasteiger partial charge in [-0.3, -0.25) is 4.79 Å². The van der Waals surface area contributed by atoms with Crippen LogP contribution in [-0.4, -0.2) is 25.7 Å². The average Bonchev–Trinajstić information content (AvgIpc) is 2.87. The molecule has 23 heavy (non-hydrogen) atoms. The van der Waals surface area contributed by atoms with Gasteiger partial charge in [0.1, 0.15) is 0 Å². The molecule has 116 valence electrons. The van der Waals surface area contributed by atoms with Crippen LogP contribution in [-0.2, 0) is 4.79 Å². The van der Waals surface area contributed by atoms with E-state index in [1.54, 1.807) is 4.52 Å². The van der Waals surface area contributed by atoms with Crippen molar-refractivity contribution in [3.8, 4) is 11.3 Å². The molecular weight excluding hydrogens is 290 g/mol. The van der Waals surface area contributed by atoms with Gasteiger partial charge in [-0.05, 0) is 44.0 Å². The Bertz CT molecular complexity index is 882. The topological polar surface area (TPSA) is 72.2 Å². The summed E-state index contributed by atoms with van der Waals surface area (Å²) < 4.78 is 1.72. The van der Waals surface area contributed by atoms with Gasteiger partial charge in [-0.2, -0.15) is 9.61 Å². The Labute approximate surface area is 133 Å². The van der Waals surface area contributed by atoms with Crippen LogP contribution < -0.4 is 5.32 Å². The Morgan fingerprint density at radius 1 is 1.22 bits per heavy atom. The number of hydrogen-bond donors (Lipinski definition) is 1. The number of nitrogens with one attached hydrogen (secondary N) is 1. The Hall–Kier alpha value is -2.76. The van der Waals surface area contributed by atoms with Gasteiger partial charge in [0.15, 0.2) is 11.5 Å². The van der Waals surface area contributed by atoms with Gasteiger partial charge in [0.25, 0.3) is 0 Å². The second-order valence-electron chi connectivity index (χ2n) is 5.93. The molecule has 0 unspecified atom stereocenters. The van der Waals surface area contributed by atoms with Crippen molar-refractivity contribution < 1.29 is 4.79 Å². The van der Waals surface area contributed by atoms with Crippen molar-refractivity contribution in [3.05, 3.63) is 42.2 Å². The Morgan fingerprint density at radius 2 is 2.09 bits per heavy atom. The van der Waals surface area contributed by atoms with Gasteiger partial charge in [0, 0.05) is 17.2 Å². The fraction of sp³-hybridized carbons (Fsp3) is 0.294. The normalized spacial score (nSPS) is 14.7. The lowest BCUT2D eigenvalue weighted by atomic mass is 9.85. The smallest absolute Gasteiger partial charge is 0.227 e. The van der Waals surface area contributed by atoms with Gasteiger partial charge in [-0.15, -0.1) is 10.2 Å². The first kappa shape index (κ1) is 13.9. The predicted octanol–water partition coefficient (Wildman–Crippen LogP) is 2.84. The van der Waals surface area contributed by atoms with Crippen molar-refractivity contribution >= 4 is 17.2 Å². The number of aromatic nitrogens is 4. The number of carbonyl (C=O) groups is 1. The predicted molar refractivity (Wildman–Crippen MR) is 86.9 cm³/mol. The van der Waals surface area contributed by atoms with E-state index in [0.29, 0.717) is 0 Å². The number of hydrogen-bond acceptors (Lipinski definition) is 4. The average molecular weight is 307 g/mol. The fourth-order valence-electron chi connectivity index (χ4n) is 2.72. The van der Waals surface area contributed by atoms with Gasteiger partial charge in [-0.1, -0.05) is 18.6 Å². The third-order valence-corrected chi connectivity index (χ3v) is 4.32. The van der Waals surface area contributed by atoms with Crippen LogP contribution in [0.3, 0.4) is 0 Å². The van der Waals surface area contributed by atoms with E-state index in [-0.39, 0.29) is 11.8 Å². The summed E-state index contributed by atoms with van der Waals surface area (Å²) >= 11 is 0. The summed E-state index contributed by atoms with van der Waals surface area (Å²) in [4.78, 5) is 12.1. The summed E-state index contributed by atoms with van der Waals surface area (Å²) in [6.07, 6.45) is 3.15. The largest absolute Gasteiger partial charge is 0.326 e. The SMILES string of the molecule is Cc1nnc2ccc(-c3cccc(NC(=O)C4CCC4)c3)nn12. The van der Waals surface area contributed by atoms with E-state index in [1.807, 2.05) is 43.3 Å². The summed E-state index contributed by atoms with van der Waals surface area (Å²) in [5.41, 5.74) is 3.30. The molecule has 1 saturated carbocycles. The maximum absolute atomic E-state index is 12.1. The van der Waals surface area contributed by atoms with Crippen LogP contribution in [0.1, 0.15) is 25.1 Å². The fourth-order valence-corrected chi connectivity index (χ4v) is 2.72. The van der Waals surface area contributed by atoms with Crippen LogP contribution >= 0.6 is 0 Å². The second kappa shape index (κ2) is 5.46. The van der Waals surface area contributed by atoms with Crippen molar-refractivity contribution in [2.24, 2.45) is 5.92 Å². The van der Waals surface area contributed by atoms with Crippen molar-refractivity contribution in [3.63, 3.8) is 0 Å². The third-order valence-electron chi connectivity index (χ3n) is 4.32. The lowest BCUT2D eigenvalue weighted by Gasteiger charge is -2.24. The number of aryl methyl sites for hydroxylation is 1. The summed E-state index contributed by atoms with van der Waals surface area (Å²) in [5.74, 6) is 1.04. The standard InChI is InChI=1S/C17H17N5O/c1-11-19-20-16-9-8-15(21-22(11)16)13-6-3-7-14(10-13)18-17(23)12-4-2-5-12/h3,6-10,12H,2,4-5H2,1H3,(H,18,23). The molecule has 0 bridgehead atoms. The number of carbonyl (C=O) groups excluding carboxylic acids is 1. The van der Waals surface area contributed by atoms with E-state index in [0.717, 1.165) is 47.7 Å². The highest BCUT2D eigenvalue weighted by molar-refractivity contribution is 5.93. The Morgan fingerprint density at radius 3 is 2.87 bits per heavy atom. The first-order valence-corrected chi connectivity index (χ1v) is 7.81. The molecule has 0 atom stereocenters. The van der Waals surface area contributed by atoms with E-state index in [2.05, 4.69) is 20.6 Å². The molecule has 1 aliphatic rings. The van der Waals surface area contributed by atoms with Crippen LogP contribution in [0, 0.1) is 12.8 Å². The zero-order chi connectivity index (χ0) is 15.8. The molecular formula is C17H17N5O. The van der Waals surface area contributed by atoms with Gasteiger partial charge >= 0.3 is 0 Å². The molecule has 1 aliphatic carbocycles. The summed E-state index contributed by atoms with van der Waals surface area (Å²) in [5, 5.41) is 15.6. The van der Waals surface area contributed by atoms with E-state index in [1.165, 1.54) is 0 Å². The molecule has 1 N–H and O–H groups in total. The minimum atomic E-state index is 0.117. The molecule has 0 saturated heterocycles. The zero-order valence-electron chi connectivity index (χ0n) is 12.9. The lowest BCUT2D eigenvalue weighted by molar-refractivity contribution is -0.122. The third kappa shape index (κ3) is 2.56. The number of rotatable bonds is 3. The highest BCUT2D eigenvalue weighted by Crippen LogP contribution is 2.28. The van der Waals surface area contributed by atoms with Crippen molar-refractivity contribution in [2.75, 3.05) is 5.32 Å². The van der Waals surface area contributed by atoms with Crippen LogP contribution in [0.25, 0.3) is 16.9 Å². The number of amides is 1. The molecule has 1 amide bonds. The minimum absolute atomic E-state index is 0.117. The van der Waals surface area contributed by atoms with E-state index in [4.69, 9.17) is 0 Å². The Kier molecular flexibility index (Phi) is 3.29. The van der Waals surface area contributed by atoms with Crippen molar-refractivity contribution in [2.45, 2.75) is 26.2 Å². The highest BCUT2D eigenvalue weighted by Gasteiger charge is 2.25. The van der Waals surface area contributed by atoms with Gasteiger partial charge in [-0.25, -0.2) is 0 Å². The number of benzene rings is 1. The molecule has 6 nitrogen and oxygen atoms in total. The maximum atomic E-state index is 12.1. The van der Waals surface area contributed by atoms with Crippen molar-refractivity contribution in [1.29, 1.82) is 0 Å². The molecule has 6 heteroatoms. The van der Waals surface area contributed by atoms with Crippen LogP contribution in [0.2, 0.25) is 0 Å². The number of anilines is 1. The van der Waals surface area contributed by atoms with Crippen LogP contribution in [0.5, 0.6) is 0 Å². The molecule has 2 aromatic heterocycles. The van der Waals surface area contributed by atoms with Gasteiger partial charge < -0.3 is 5.32 Å². The summed E-state index contributed by atoms with van der Waals surface area (Å²) in [6.45, 7) is 1.87. The van der Waals surface area contributed by atoms with Crippen molar-refractivity contribution in [1.82, 2.24) is 19.8 Å². The monoisotopic (exact) mass is 307 g/mol. The molecule has 0 aliphatic heterocycles. The van der Waals surface area contributed by atoms with Crippen LogP contribution in [0.4, 0.5) is 5.69 Å². The molecule has 1 fully saturated rings. The highest BCUT2D eigenvalue weighted by atomic mass is 16.1. The summed E-state index contributed by atoms with van der Waals surface area (Å²) in [6, 6.07) is 11.6. The molecule has 3 aromatic rings. The lowest BCUT2D eigenvalue weighted by Crippen LogP contribution is -2.27. The van der Waals surface area contributed by atoms with E-state index in [9.17, 15) is 4.79 Å².